The Bertz CT molecular complexity index is 793. The molecule has 21 heavy (non-hydrogen) atoms. The molecule has 110 valence electrons. The Labute approximate surface area is 124 Å². The van der Waals surface area contributed by atoms with Crippen molar-refractivity contribution in [3.05, 3.63) is 41.9 Å². The molecular formula is C14H16N4O2S. The number of rotatable bonds is 3. The first-order valence-electron chi connectivity index (χ1n) is 6.24. The number of aryl methyl sites for hydroxylation is 2. The summed E-state index contributed by atoms with van der Waals surface area (Å²) in [5.74, 6) is 6.20. The van der Waals surface area contributed by atoms with Crippen LogP contribution in [0.4, 0.5) is 5.69 Å². The molecule has 6 nitrogen and oxygen atoms in total. The molecule has 0 saturated heterocycles. The van der Waals surface area contributed by atoms with Crippen molar-refractivity contribution in [2.24, 2.45) is 12.8 Å². The van der Waals surface area contributed by atoms with E-state index in [0.29, 0.717) is 17.1 Å². The van der Waals surface area contributed by atoms with E-state index < -0.39 is 10.0 Å². The van der Waals surface area contributed by atoms with Crippen molar-refractivity contribution < 1.29 is 8.42 Å². The third-order valence-corrected chi connectivity index (χ3v) is 4.06. The summed E-state index contributed by atoms with van der Waals surface area (Å²) in [4.78, 5) is 4.02. The number of nitrogens with zero attached hydrogens (tertiary/aromatic N) is 2. The first-order chi connectivity index (χ1) is 9.92. The molecule has 0 spiro atoms. The number of benzene rings is 1. The minimum absolute atomic E-state index is 0.0130. The fourth-order valence-corrected chi connectivity index (χ4v) is 2.77. The van der Waals surface area contributed by atoms with Gasteiger partial charge in [0, 0.05) is 18.8 Å². The van der Waals surface area contributed by atoms with Gasteiger partial charge in [0.2, 0.25) is 0 Å². The molecule has 0 radical (unpaired) electrons. The second-order valence-electron chi connectivity index (χ2n) is 4.43. The predicted molar refractivity (Wildman–Crippen MR) is 81.1 cm³/mol. The van der Waals surface area contributed by atoms with Gasteiger partial charge in [0.15, 0.2) is 5.03 Å². The van der Waals surface area contributed by atoms with Gasteiger partial charge in [0.05, 0.1) is 12.2 Å². The first-order valence-corrected chi connectivity index (χ1v) is 7.72. The highest BCUT2D eigenvalue weighted by Crippen LogP contribution is 2.16. The van der Waals surface area contributed by atoms with Crippen LogP contribution in [-0.4, -0.2) is 24.5 Å². The maximum Gasteiger partial charge on any atom is 0.280 e. The molecule has 0 fully saturated rings. The van der Waals surface area contributed by atoms with Crippen molar-refractivity contribution in [1.29, 1.82) is 0 Å². The molecule has 0 amide bonds. The number of hydrogen-bond acceptors (Lipinski definition) is 4. The molecular weight excluding hydrogens is 288 g/mol. The number of imidazole rings is 1. The Balaban J connectivity index is 2.28. The zero-order valence-electron chi connectivity index (χ0n) is 11.8. The molecule has 2 aromatic rings. The molecule has 1 aromatic carbocycles. The quantitative estimate of drug-likeness (QED) is 0.822. The SMILES string of the molecule is Cc1nc(S(=O)(=O)Nc2cccc(C#CCN)c2)cn1C. The van der Waals surface area contributed by atoms with Gasteiger partial charge >= 0.3 is 0 Å². The molecule has 0 aliphatic carbocycles. The molecule has 0 aliphatic heterocycles. The largest absolute Gasteiger partial charge is 0.337 e. The lowest BCUT2D eigenvalue weighted by Gasteiger charge is -2.05. The van der Waals surface area contributed by atoms with E-state index in [-0.39, 0.29) is 11.6 Å². The highest BCUT2D eigenvalue weighted by atomic mass is 32.2. The fraction of sp³-hybridized carbons (Fsp3) is 0.214. The average molecular weight is 304 g/mol. The summed E-state index contributed by atoms with van der Waals surface area (Å²) in [6.45, 7) is 1.99. The Morgan fingerprint density at radius 3 is 2.81 bits per heavy atom. The first kappa shape index (κ1) is 15.1. The fourth-order valence-electron chi connectivity index (χ4n) is 1.68. The summed E-state index contributed by atoms with van der Waals surface area (Å²) in [7, 11) is -1.97. The van der Waals surface area contributed by atoms with E-state index in [9.17, 15) is 8.42 Å². The number of anilines is 1. The summed E-state index contributed by atoms with van der Waals surface area (Å²) >= 11 is 0. The smallest absolute Gasteiger partial charge is 0.280 e. The van der Waals surface area contributed by atoms with E-state index in [1.165, 1.54) is 6.20 Å². The second-order valence-corrected chi connectivity index (χ2v) is 6.06. The van der Waals surface area contributed by atoms with Crippen molar-refractivity contribution in [3.8, 4) is 11.8 Å². The van der Waals surface area contributed by atoms with Crippen LogP contribution >= 0.6 is 0 Å². The molecule has 0 aliphatic rings. The third-order valence-electron chi connectivity index (χ3n) is 2.81. The van der Waals surface area contributed by atoms with Gasteiger partial charge in [-0.2, -0.15) is 8.42 Å². The van der Waals surface area contributed by atoms with Crippen molar-refractivity contribution in [3.63, 3.8) is 0 Å². The van der Waals surface area contributed by atoms with Crippen LogP contribution < -0.4 is 10.5 Å². The normalized spacial score (nSPS) is 10.8. The lowest BCUT2D eigenvalue weighted by Crippen LogP contribution is -2.13. The van der Waals surface area contributed by atoms with Crippen molar-refractivity contribution >= 4 is 15.7 Å². The number of nitrogens with one attached hydrogen (secondary N) is 1. The topological polar surface area (TPSA) is 90.0 Å². The van der Waals surface area contributed by atoms with Gasteiger partial charge in [-0.05, 0) is 25.1 Å². The molecule has 3 N–H and O–H groups in total. The Morgan fingerprint density at radius 1 is 1.43 bits per heavy atom. The Hall–Kier alpha value is -2.30. The van der Waals surface area contributed by atoms with Gasteiger partial charge in [-0.25, -0.2) is 4.98 Å². The van der Waals surface area contributed by atoms with Crippen LogP contribution in [0.25, 0.3) is 0 Å². The summed E-state index contributed by atoms with van der Waals surface area (Å²) in [6.07, 6.45) is 1.47. The monoisotopic (exact) mass is 304 g/mol. The van der Waals surface area contributed by atoms with Crippen LogP contribution in [0.5, 0.6) is 0 Å². The molecule has 0 saturated carbocycles. The van der Waals surface area contributed by atoms with Crippen molar-refractivity contribution in [2.45, 2.75) is 11.9 Å². The van der Waals surface area contributed by atoms with Crippen molar-refractivity contribution in [2.75, 3.05) is 11.3 Å². The number of hydrogen-bond donors (Lipinski definition) is 2. The highest BCUT2D eigenvalue weighted by molar-refractivity contribution is 7.92. The lowest BCUT2D eigenvalue weighted by atomic mass is 10.2. The Kier molecular flexibility index (Phi) is 4.31. The maximum atomic E-state index is 12.2. The second kappa shape index (κ2) is 5.99. The standard InChI is InChI=1S/C14H16N4O2S/c1-11-16-14(10-18(11)2)21(19,20)17-13-7-3-5-12(9-13)6-4-8-15/h3,5,7,9-10,17H,8,15H2,1-2H3. The summed E-state index contributed by atoms with van der Waals surface area (Å²) in [5, 5.41) is -0.0130. The predicted octanol–water partition coefficient (Wildman–Crippen LogP) is 0.840. The molecule has 0 atom stereocenters. The van der Waals surface area contributed by atoms with E-state index in [0.717, 1.165) is 0 Å². The van der Waals surface area contributed by atoms with Crippen LogP contribution in [0.3, 0.4) is 0 Å². The van der Waals surface area contributed by atoms with Crippen molar-refractivity contribution in [1.82, 2.24) is 9.55 Å². The lowest BCUT2D eigenvalue weighted by molar-refractivity contribution is 0.598. The highest BCUT2D eigenvalue weighted by Gasteiger charge is 2.18. The average Bonchev–Trinajstić information content (AvgIpc) is 2.77. The zero-order valence-corrected chi connectivity index (χ0v) is 12.6. The molecule has 1 heterocycles. The summed E-state index contributed by atoms with van der Waals surface area (Å²) in [6, 6.07) is 6.81. The van der Waals surface area contributed by atoms with Gasteiger partial charge < -0.3 is 10.3 Å². The minimum atomic E-state index is -3.71. The van der Waals surface area contributed by atoms with E-state index in [1.54, 1.807) is 42.8 Å². The van der Waals surface area contributed by atoms with Crippen LogP contribution in [0.2, 0.25) is 0 Å². The van der Waals surface area contributed by atoms with E-state index in [2.05, 4.69) is 21.5 Å². The van der Waals surface area contributed by atoms with Crippen LogP contribution in [0.15, 0.2) is 35.5 Å². The maximum absolute atomic E-state index is 12.2. The number of nitrogens with two attached hydrogens (primary N) is 1. The van der Waals surface area contributed by atoms with Gasteiger partial charge in [-0.15, -0.1) is 0 Å². The van der Waals surface area contributed by atoms with Crippen LogP contribution in [0.1, 0.15) is 11.4 Å². The summed E-state index contributed by atoms with van der Waals surface area (Å²) in [5.41, 5.74) is 6.44. The van der Waals surface area contributed by atoms with Gasteiger partial charge in [-0.3, -0.25) is 4.72 Å². The zero-order chi connectivity index (χ0) is 15.5. The minimum Gasteiger partial charge on any atom is -0.337 e. The van der Waals surface area contributed by atoms with E-state index in [4.69, 9.17) is 5.73 Å². The number of sulfonamides is 1. The molecule has 2 rings (SSSR count). The summed E-state index contributed by atoms with van der Waals surface area (Å²) < 4.78 is 28.6. The molecule has 0 bridgehead atoms. The van der Waals surface area contributed by atoms with Gasteiger partial charge in [0.1, 0.15) is 5.82 Å². The Morgan fingerprint density at radius 2 is 2.19 bits per heavy atom. The number of aromatic nitrogens is 2. The molecule has 1 aromatic heterocycles. The third kappa shape index (κ3) is 3.62. The molecule has 0 unspecified atom stereocenters. The van der Waals surface area contributed by atoms with Crippen LogP contribution in [-0.2, 0) is 17.1 Å². The van der Waals surface area contributed by atoms with E-state index in [1.807, 2.05) is 0 Å². The van der Waals surface area contributed by atoms with Crippen LogP contribution in [0, 0.1) is 18.8 Å². The van der Waals surface area contributed by atoms with Gasteiger partial charge in [0.25, 0.3) is 10.0 Å². The molecule has 7 heteroatoms. The van der Waals surface area contributed by atoms with E-state index >= 15 is 0 Å². The van der Waals surface area contributed by atoms with Gasteiger partial charge in [-0.1, -0.05) is 17.9 Å².